The van der Waals surface area contributed by atoms with E-state index < -0.39 is 28.5 Å². The number of hydrogen-bond acceptors (Lipinski definition) is 6. The molecule has 0 heterocycles. The molecule has 0 fully saturated rings. The number of amides is 1. The predicted molar refractivity (Wildman–Crippen MR) is 96.0 cm³/mol. The molecule has 27 heavy (non-hydrogen) atoms. The zero-order valence-corrected chi connectivity index (χ0v) is 17.9. The van der Waals surface area contributed by atoms with E-state index in [1.807, 2.05) is 30.3 Å². The molecule has 2 atom stereocenters. The molecule has 0 saturated heterocycles. The van der Waals surface area contributed by atoms with Crippen LogP contribution in [0.1, 0.15) is 23.3 Å². The minimum Gasteiger partial charge on any atom is -0.549 e. The summed E-state index contributed by atoms with van der Waals surface area (Å²) in [7, 11) is 0. The number of carbonyl (C=O) groups is 3. The number of carboxylic acid groups (broad SMARTS) is 1. The summed E-state index contributed by atoms with van der Waals surface area (Å²) in [6.45, 7) is 1.54. The first-order chi connectivity index (χ1) is 12.5. The van der Waals surface area contributed by atoms with Crippen LogP contribution in [0.15, 0.2) is 60.7 Å². The van der Waals surface area contributed by atoms with Gasteiger partial charge in [0.15, 0.2) is 0 Å². The normalized spacial score (nSPS) is 12.2. The SMILES string of the molecule is C[C@H](NC(=O)OCc1ccccc1)C(=O)S[C@H](C(=O)[O-])c1ccccc1.[Na+]. The van der Waals surface area contributed by atoms with E-state index in [1.165, 1.54) is 6.92 Å². The summed E-state index contributed by atoms with van der Waals surface area (Å²) in [5.41, 5.74) is 1.27. The van der Waals surface area contributed by atoms with Gasteiger partial charge in [0.25, 0.3) is 0 Å². The summed E-state index contributed by atoms with van der Waals surface area (Å²) in [6.07, 6.45) is -0.750. The molecule has 0 aromatic heterocycles. The van der Waals surface area contributed by atoms with Crippen LogP contribution in [0.2, 0.25) is 0 Å². The molecule has 8 heteroatoms. The number of aliphatic carboxylic acids is 1. The molecule has 2 rings (SSSR count). The largest absolute Gasteiger partial charge is 1.00 e. The Morgan fingerprint density at radius 1 is 1.04 bits per heavy atom. The zero-order valence-electron chi connectivity index (χ0n) is 15.1. The Hall–Kier alpha value is -1.80. The Bertz CT molecular complexity index is 757. The van der Waals surface area contributed by atoms with Crippen LogP contribution in [0.3, 0.4) is 0 Å². The average molecular weight is 395 g/mol. The van der Waals surface area contributed by atoms with Crippen molar-refractivity contribution in [2.75, 3.05) is 0 Å². The molecule has 0 aliphatic rings. The number of hydrogen-bond donors (Lipinski definition) is 1. The minimum atomic E-state index is -1.37. The van der Waals surface area contributed by atoms with Crippen molar-refractivity contribution in [2.24, 2.45) is 0 Å². The number of thioether (sulfide) groups is 1. The molecule has 6 nitrogen and oxygen atoms in total. The number of carboxylic acids is 1. The van der Waals surface area contributed by atoms with E-state index in [2.05, 4.69) is 5.32 Å². The standard InChI is InChI=1S/C19H19NO5S.Na/c1-13(20-19(24)25-12-14-8-4-2-5-9-14)18(23)26-16(17(21)22)15-10-6-3-7-11-15;/h2-11,13,16H,12H2,1H3,(H,20,24)(H,21,22);/q;+1/p-1/t13-,16-;/m0./s1. The third kappa shape index (κ3) is 7.76. The van der Waals surface area contributed by atoms with E-state index in [1.54, 1.807) is 30.3 Å². The van der Waals surface area contributed by atoms with Crippen LogP contribution >= 0.6 is 11.8 Å². The summed E-state index contributed by atoms with van der Waals surface area (Å²) >= 11 is 0.599. The molecule has 2 aromatic carbocycles. The fourth-order valence-corrected chi connectivity index (χ4v) is 2.98. The van der Waals surface area contributed by atoms with Gasteiger partial charge < -0.3 is 20.0 Å². The van der Waals surface area contributed by atoms with Gasteiger partial charge in [-0.15, -0.1) is 0 Å². The molecule has 0 spiro atoms. The van der Waals surface area contributed by atoms with Crippen LogP contribution < -0.4 is 40.0 Å². The van der Waals surface area contributed by atoms with Crippen LogP contribution in [0.5, 0.6) is 0 Å². The number of nitrogens with one attached hydrogen (secondary N) is 1. The molecule has 0 radical (unpaired) electrons. The van der Waals surface area contributed by atoms with Gasteiger partial charge in [-0.05, 0) is 18.1 Å². The Kier molecular flexibility index (Phi) is 10.2. The first kappa shape index (κ1) is 23.2. The van der Waals surface area contributed by atoms with Gasteiger partial charge >= 0.3 is 35.7 Å². The summed E-state index contributed by atoms with van der Waals surface area (Å²) in [6, 6.07) is 16.5. The number of ether oxygens (including phenoxy) is 1. The van der Waals surface area contributed by atoms with Gasteiger partial charge in [0.05, 0.1) is 17.3 Å². The predicted octanol–water partition coefficient (Wildman–Crippen LogP) is -0.944. The number of benzene rings is 2. The van der Waals surface area contributed by atoms with Crippen LogP contribution in [-0.2, 0) is 20.9 Å². The van der Waals surface area contributed by atoms with Gasteiger partial charge in [0.2, 0.25) is 5.12 Å². The third-order valence-electron chi connectivity index (χ3n) is 3.45. The average Bonchev–Trinajstić information content (AvgIpc) is 2.65. The Balaban J connectivity index is 0.00000364. The summed E-state index contributed by atoms with van der Waals surface area (Å²) < 4.78 is 5.05. The first-order valence-corrected chi connectivity index (χ1v) is 8.79. The molecule has 0 bridgehead atoms. The van der Waals surface area contributed by atoms with E-state index in [9.17, 15) is 19.5 Å². The van der Waals surface area contributed by atoms with Gasteiger partial charge in [-0.25, -0.2) is 4.79 Å². The molecule has 136 valence electrons. The topological polar surface area (TPSA) is 95.5 Å². The molecular formula is C19H18NNaO5S. The maximum absolute atomic E-state index is 12.2. The van der Waals surface area contributed by atoms with Crippen molar-refractivity contribution in [2.45, 2.75) is 24.8 Å². The van der Waals surface area contributed by atoms with Crippen molar-refractivity contribution in [1.29, 1.82) is 0 Å². The van der Waals surface area contributed by atoms with E-state index >= 15 is 0 Å². The molecule has 1 N–H and O–H groups in total. The quantitative estimate of drug-likeness (QED) is 0.608. The van der Waals surface area contributed by atoms with Gasteiger partial charge in [0.1, 0.15) is 6.61 Å². The van der Waals surface area contributed by atoms with Crippen molar-refractivity contribution in [3.05, 3.63) is 71.8 Å². The van der Waals surface area contributed by atoms with Crippen molar-refractivity contribution < 1.29 is 53.8 Å². The summed E-state index contributed by atoms with van der Waals surface area (Å²) in [5.74, 6) is -1.37. The Morgan fingerprint density at radius 3 is 2.15 bits per heavy atom. The van der Waals surface area contributed by atoms with Gasteiger partial charge in [-0.1, -0.05) is 72.4 Å². The number of alkyl carbamates (subject to hydrolysis) is 1. The fourth-order valence-electron chi connectivity index (χ4n) is 2.10. The third-order valence-corrected chi connectivity index (χ3v) is 4.74. The molecule has 0 aliphatic carbocycles. The Morgan fingerprint density at radius 2 is 1.59 bits per heavy atom. The smallest absolute Gasteiger partial charge is 0.549 e. The maximum atomic E-state index is 12.2. The van der Waals surface area contributed by atoms with Crippen molar-refractivity contribution in [1.82, 2.24) is 5.32 Å². The summed E-state index contributed by atoms with van der Waals surface area (Å²) in [5, 5.41) is 12.1. The van der Waals surface area contributed by atoms with Crippen LogP contribution in [0, 0.1) is 0 Å². The zero-order chi connectivity index (χ0) is 18.9. The second-order valence-electron chi connectivity index (χ2n) is 5.47. The monoisotopic (exact) mass is 395 g/mol. The molecule has 0 aliphatic heterocycles. The van der Waals surface area contributed by atoms with Crippen molar-refractivity contribution >= 4 is 28.9 Å². The van der Waals surface area contributed by atoms with Crippen molar-refractivity contribution in [3.63, 3.8) is 0 Å². The molecule has 1 amide bonds. The van der Waals surface area contributed by atoms with Crippen molar-refractivity contribution in [3.8, 4) is 0 Å². The molecular weight excluding hydrogens is 377 g/mol. The first-order valence-electron chi connectivity index (χ1n) is 7.91. The van der Waals surface area contributed by atoms with Gasteiger partial charge in [-0.3, -0.25) is 4.79 Å². The second-order valence-corrected chi connectivity index (χ2v) is 6.58. The van der Waals surface area contributed by atoms with Crippen LogP contribution in [-0.4, -0.2) is 23.2 Å². The fraction of sp³-hybridized carbons (Fsp3) is 0.211. The van der Waals surface area contributed by atoms with Crippen LogP contribution in [0.4, 0.5) is 4.79 Å². The van der Waals surface area contributed by atoms with E-state index in [4.69, 9.17) is 4.74 Å². The minimum absolute atomic E-state index is 0. The molecule has 0 unspecified atom stereocenters. The van der Waals surface area contributed by atoms with Crippen LogP contribution in [0.25, 0.3) is 0 Å². The van der Waals surface area contributed by atoms with Gasteiger partial charge in [-0.2, -0.15) is 0 Å². The van der Waals surface area contributed by atoms with E-state index in [0.29, 0.717) is 17.3 Å². The van der Waals surface area contributed by atoms with Gasteiger partial charge in [0, 0.05) is 0 Å². The Labute approximate surface area is 184 Å². The van der Waals surface area contributed by atoms with E-state index in [-0.39, 0.29) is 36.2 Å². The maximum Gasteiger partial charge on any atom is 1.00 e. The number of carbonyl (C=O) groups excluding carboxylic acids is 3. The second kappa shape index (κ2) is 11.8. The molecule has 0 saturated carbocycles. The van der Waals surface area contributed by atoms with E-state index in [0.717, 1.165) is 5.56 Å². The molecule has 2 aromatic rings. The summed E-state index contributed by atoms with van der Waals surface area (Å²) in [4.78, 5) is 35.4. The number of rotatable bonds is 7.